The van der Waals surface area contributed by atoms with E-state index in [-0.39, 0.29) is 5.41 Å². The van der Waals surface area contributed by atoms with Crippen LogP contribution in [0.25, 0.3) is 78.1 Å². The topological polar surface area (TPSA) is 57.4 Å². The maximum Gasteiger partial charge on any atom is 0.178 e. The van der Waals surface area contributed by atoms with Gasteiger partial charge >= 0.3 is 0 Å². The van der Waals surface area contributed by atoms with Crippen LogP contribution in [0.15, 0.2) is 162 Å². The van der Waals surface area contributed by atoms with Gasteiger partial charge in [-0.1, -0.05) is 123 Å². The first-order chi connectivity index (χ1) is 26.5. The molecule has 256 valence electrons. The molecule has 0 spiro atoms. The van der Waals surface area contributed by atoms with Crippen molar-refractivity contribution < 1.29 is 13.9 Å². The summed E-state index contributed by atoms with van der Waals surface area (Å²) < 4.78 is 19.5. The lowest BCUT2D eigenvalue weighted by Gasteiger charge is -2.25. The summed E-state index contributed by atoms with van der Waals surface area (Å²) in [6.07, 6.45) is 0. The van der Waals surface area contributed by atoms with Gasteiger partial charge in [0.25, 0.3) is 0 Å². The molecule has 5 nitrogen and oxygen atoms in total. The highest BCUT2D eigenvalue weighted by molar-refractivity contribution is 6.05. The van der Waals surface area contributed by atoms with Gasteiger partial charge in [-0.3, -0.25) is 0 Å². The third-order valence-electron chi connectivity index (χ3n) is 11.0. The molecule has 0 bridgehead atoms. The Kier molecular flexibility index (Phi) is 6.53. The van der Waals surface area contributed by atoms with Crippen molar-refractivity contribution in [1.82, 2.24) is 9.97 Å². The Morgan fingerprint density at radius 2 is 1.15 bits per heavy atom. The van der Waals surface area contributed by atoms with Crippen LogP contribution < -0.4 is 9.47 Å². The second kappa shape index (κ2) is 11.5. The Morgan fingerprint density at radius 3 is 2.06 bits per heavy atom. The number of ether oxygens (including phenoxy) is 2. The van der Waals surface area contributed by atoms with Crippen LogP contribution in [0.5, 0.6) is 23.0 Å². The lowest BCUT2D eigenvalue weighted by atomic mass is 9.82. The predicted octanol–water partition coefficient (Wildman–Crippen LogP) is 13.2. The molecule has 0 unspecified atom stereocenters. The summed E-state index contributed by atoms with van der Waals surface area (Å²) in [6.45, 7) is 4.54. The lowest BCUT2D eigenvalue weighted by Crippen LogP contribution is -2.15. The van der Waals surface area contributed by atoms with Crippen LogP contribution >= 0.6 is 0 Å². The number of nitrogens with zero attached hydrogens (tertiary/aromatic N) is 2. The fourth-order valence-corrected chi connectivity index (χ4v) is 8.21. The summed E-state index contributed by atoms with van der Waals surface area (Å²) in [7, 11) is 0. The molecule has 3 heterocycles. The van der Waals surface area contributed by atoms with Gasteiger partial charge in [-0.15, -0.1) is 0 Å². The highest BCUT2D eigenvalue weighted by Crippen LogP contribution is 2.58. The Hall–Kier alpha value is -6.98. The van der Waals surface area contributed by atoms with Gasteiger partial charge in [0.15, 0.2) is 28.8 Å². The molecule has 0 amide bonds. The molecule has 0 saturated carbocycles. The first-order valence-electron chi connectivity index (χ1n) is 18.2. The van der Waals surface area contributed by atoms with Crippen molar-refractivity contribution in [2.45, 2.75) is 19.3 Å². The van der Waals surface area contributed by atoms with Crippen LogP contribution in [0.1, 0.15) is 25.0 Å². The molecule has 5 heteroatoms. The fourth-order valence-electron chi connectivity index (χ4n) is 8.21. The molecule has 2 aliphatic rings. The van der Waals surface area contributed by atoms with E-state index in [0.717, 1.165) is 78.2 Å². The highest BCUT2D eigenvalue weighted by atomic mass is 16.6. The van der Waals surface area contributed by atoms with Crippen LogP contribution in [0, 0.1) is 0 Å². The van der Waals surface area contributed by atoms with Crippen molar-refractivity contribution in [1.29, 1.82) is 0 Å². The molecule has 0 fully saturated rings. The smallest absolute Gasteiger partial charge is 0.178 e. The zero-order valence-corrected chi connectivity index (χ0v) is 29.6. The lowest BCUT2D eigenvalue weighted by molar-refractivity contribution is 0.360. The summed E-state index contributed by atoms with van der Waals surface area (Å²) in [4.78, 5) is 10.3. The molecule has 0 saturated heterocycles. The predicted molar refractivity (Wildman–Crippen MR) is 215 cm³/mol. The number of para-hydroxylation sites is 1. The zero-order valence-electron chi connectivity index (χ0n) is 29.6. The molecule has 7 aromatic carbocycles. The van der Waals surface area contributed by atoms with Crippen LogP contribution in [-0.2, 0) is 5.41 Å². The maximum absolute atomic E-state index is 6.77. The summed E-state index contributed by atoms with van der Waals surface area (Å²) in [5, 5.41) is 2.19. The van der Waals surface area contributed by atoms with E-state index in [4.69, 9.17) is 23.9 Å². The molecule has 2 aromatic heterocycles. The van der Waals surface area contributed by atoms with E-state index in [0.29, 0.717) is 17.3 Å². The number of fused-ring (bicyclic) bond motifs is 9. The van der Waals surface area contributed by atoms with Crippen LogP contribution in [0.3, 0.4) is 0 Å². The van der Waals surface area contributed by atoms with E-state index in [2.05, 4.69) is 123 Å². The van der Waals surface area contributed by atoms with Gasteiger partial charge in [-0.25, -0.2) is 9.97 Å². The Morgan fingerprint density at radius 1 is 0.444 bits per heavy atom. The van der Waals surface area contributed by atoms with Crippen LogP contribution in [0.4, 0.5) is 0 Å². The third-order valence-corrected chi connectivity index (χ3v) is 11.0. The number of aromatic nitrogens is 2. The van der Waals surface area contributed by atoms with Crippen LogP contribution in [0.2, 0.25) is 0 Å². The fraction of sp³-hybridized carbons (Fsp3) is 0.0612. The molecular formula is C49H32N2O3. The molecule has 0 atom stereocenters. The summed E-state index contributed by atoms with van der Waals surface area (Å²) in [5.74, 6) is 3.52. The van der Waals surface area contributed by atoms with Gasteiger partial charge in [-0.05, 0) is 76.3 Å². The maximum atomic E-state index is 6.77. The minimum atomic E-state index is -0.132. The van der Waals surface area contributed by atoms with Crippen molar-refractivity contribution >= 4 is 21.9 Å². The van der Waals surface area contributed by atoms with Crippen molar-refractivity contribution in [2.24, 2.45) is 0 Å². The van der Waals surface area contributed by atoms with Crippen molar-refractivity contribution in [3.63, 3.8) is 0 Å². The van der Waals surface area contributed by atoms with Gasteiger partial charge < -0.3 is 13.9 Å². The molecule has 54 heavy (non-hydrogen) atoms. The second-order valence-electron chi connectivity index (χ2n) is 14.6. The molecule has 0 N–H and O–H groups in total. The minimum absolute atomic E-state index is 0.132. The molecule has 1 aliphatic heterocycles. The first-order valence-corrected chi connectivity index (χ1v) is 18.2. The van der Waals surface area contributed by atoms with E-state index in [1.165, 1.54) is 16.7 Å². The summed E-state index contributed by atoms with van der Waals surface area (Å²) in [5.41, 5.74) is 13.0. The Bertz CT molecular complexity index is 2980. The van der Waals surface area contributed by atoms with Crippen molar-refractivity contribution in [3.05, 3.63) is 169 Å². The summed E-state index contributed by atoms with van der Waals surface area (Å²) in [6, 6.07) is 54.1. The molecule has 0 radical (unpaired) electrons. The Balaban J connectivity index is 0.987. The number of rotatable bonds is 4. The molecule has 9 aromatic rings. The van der Waals surface area contributed by atoms with Gasteiger partial charge in [0, 0.05) is 38.4 Å². The normalized spacial score (nSPS) is 13.4. The van der Waals surface area contributed by atoms with E-state index in [1.807, 2.05) is 48.5 Å². The molecular weight excluding hydrogens is 665 g/mol. The van der Waals surface area contributed by atoms with E-state index in [1.54, 1.807) is 0 Å². The monoisotopic (exact) mass is 696 g/mol. The SMILES string of the molecule is CC1(C)c2ccccc2-c2c1ccc1c2Oc2cc(-c3cccc(-c4nc(-c5ccccc5)cc(-c5ccc6c(c5)oc5ccccc56)n4)c3)ccc2O1. The Labute approximate surface area is 312 Å². The van der Waals surface area contributed by atoms with Crippen molar-refractivity contribution in [2.75, 3.05) is 0 Å². The first kappa shape index (κ1) is 30.6. The number of hydrogen-bond donors (Lipinski definition) is 0. The van der Waals surface area contributed by atoms with Crippen molar-refractivity contribution in [3.8, 4) is 79.2 Å². The van der Waals surface area contributed by atoms with Gasteiger partial charge in [0.05, 0.1) is 11.4 Å². The van der Waals surface area contributed by atoms with Gasteiger partial charge in [-0.2, -0.15) is 0 Å². The average Bonchev–Trinajstić information content (AvgIpc) is 3.71. The van der Waals surface area contributed by atoms with Crippen LogP contribution in [-0.4, -0.2) is 9.97 Å². The second-order valence-corrected chi connectivity index (χ2v) is 14.6. The summed E-state index contributed by atoms with van der Waals surface area (Å²) >= 11 is 0. The largest absolute Gasteiger partial charge is 0.456 e. The van der Waals surface area contributed by atoms with Gasteiger partial charge in [0.2, 0.25) is 0 Å². The van der Waals surface area contributed by atoms with E-state index in [9.17, 15) is 0 Å². The molecule has 11 rings (SSSR count). The minimum Gasteiger partial charge on any atom is -0.456 e. The average molecular weight is 697 g/mol. The van der Waals surface area contributed by atoms with Gasteiger partial charge in [0.1, 0.15) is 11.2 Å². The number of hydrogen-bond acceptors (Lipinski definition) is 5. The highest BCUT2D eigenvalue weighted by Gasteiger charge is 2.39. The van der Waals surface area contributed by atoms with E-state index < -0.39 is 0 Å². The standard InChI is InChI=1S/C49H32N2O3/c1-49(2)37-17-8-6-16-36(37)46-38(49)22-24-43-47(46)54-45-26-31(20-23-42(45)53-43)30-13-10-14-33(25-30)48-50-39(29-11-4-3-5-12-29)28-40(51-48)32-19-21-35-34-15-7-9-18-41(34)52-44(35)27-32/h3-28H,1-2H3. The van der Waals surface area contributed by atoms with E-state index >= 15 is 0 Å². The molecule has 1 aliphatic carbocycles. The zero-order chi connectivity index (χ0) is 36.0. The quantitative estimate of drug-likeness (QED) is 0.183. The number of benzene rings is 7. The number of furan rings is 1. The third kappa shape index (κ3) is 4.72.